The van der Waals surface area contributed by atoms with Gasteiger partial charge in [0.15, 0.2) is 17.5 Å². The highest BCUT2D eigenvalue weighted by molar-refractivity contribution is 7.92. The highest BCUT2D eigenvalue weighted by Crippen LogP contribution is 2.22. The first-order valence-electron chi connectivity index (χ1n) is 5.23. The zero-order chi connectivity index (χ0) is 14.9. The van der Waals surface area contributed by atoms with Gasteiger partial charge in [0.2, 0.25) is 0 Å². The highest BCUT2D eigenvalue weighted by Gasteiger charge is 2.20. The van der Waals surface area contributed by atoms with Crippen LogP contribution in [0.25, 0.3) is 0 Å². The van der Waals surface area contributed by atoms with Crippen LogP contribution in [-0.2, 0) is 10.0 Å². The minimum absolute atomic E-state index is 0.455. The maximum absolute atomic E-state index is 13.4. The van der Waals surface area contributed by atoms with Crippen molar-refractivity contribution in [3.63, 3.8) is 0 Å². The van der Waals surface area contributed by atoms with E-state index in [4.69, 9.17) is 0 Å². The summed E-state index contributed by atoms with van der Waals surface area (Å²) in [5, 5.41) is 0. The summed E-state index contributed by atoms with van der Waals surface area (Å²) in [4.78, 5) is -0.690. The van der Waals surface area contributed by atoms with E-state index in [0.29, 0.717) is 12.1 Å². The smallest absolute Gasteiger partial charge is 0.264 e. The van der Waals surface area contributed by atoms with E-state index >= 15 is 0 Å². The molecule has 0 bridgehead atoms. The Morgan fingerprint density at radius 3 is 1.95 bits per heavy atom. The van der Waals surface area contributed by atoms with Gasteiger partial charge in [-0.2, -0.15) is 0 Å². The van der Waals surface area contributed by atoms with Crippen LogP contribution < -0.4 is 4.72 Å². The van der Waals surface area contributed by atoms with E-state index in [1.54, 1.807) is 4.72 Å². The Hall–Kier alpha value is -2.09. The minimum atomic E-state index is -4.37. The van der Waals surface area contributed by atoms with Crippen molar-refractivity contribution in [3.8, 4) is 0 Å². The summed E-state index contributed by atoms with van der Waals surface area (Å²) in [7, 11) is -4.37. The lowest BCUT2D eigenvalue weighted by molar-refractivity contribution is 0.448. The molecule has 0 atom stereocenters. The largest absolute Gasteiger partial charge is 0.279 e. The molecule has 1 N–H and O–H groups in total. The molecule has 0 aliphatic rings. The van der Waals surface area contributed by atoms with Crippen molar-refractivity contribution in [2.24, 2.45) is 0 Å². The predicted octanol–water partition coefficient (Wildman–Crippen LogP) is 3.04. The van der Waals surface area contributed by atoms with Crippen molar-refractivity contribution in [2.45, 2.75) is 4.90 Å². The van der Waals surface area contributed by atoms with Crippen LogP contribution in [0, 0.1) is 23.3 Å². The van der Waals surface area contributed by atoms with Crippen molar-refractivity contribution < 1.29 is 26.0 Å². The predicted molar refractivity (Wildman–Crippen MR) is 63.5 cm³/mol. The summed E-state index contributed by atoms with van der Waals surface area (Å²) in [6.07, 6.45) is 0. The number of rotatable bonds is 3. The molecule has 0 aliphatic heterocycles. The van der Waals surface area contributed by atoms with Gasteiger partial charge in [-0.05, 0) is 12.1 Å². The Bertz CT molecular complexity index is 739. The van der Waals surface area contributed by atoms with Gasteiger partial charge in [0.05, 0.1) is 5.69 Å². The molecule has 0 saturated heterocycles. The molecule has 8 heteroatoms. The number of halogens is 4. The normalized spacial score (nSPS) is 11.4. The maximum Gasteiger partial charge on any atom is 0.264 e. The quantitative estimate of drug-likeness (QED) is 0.700. The summed E-state index contributed by atoms with van der Waals surface area (Å²) in [5.74, 6) is -5.87. The van der Waals surface area contributed by atoms with E-state index in [2.05, 4.69) is 0 Å². The average molecular weight is 305 g/mol. The molecule has 106 valence electrons. The molecular weight excluding hydrogens is 298 g/mol. The number of nitrogens with one attached hydrogen (secondary N) is 1. The molecule has 0 unspecified atom stereocenters. The van der Waals surface area contributed by atoms with Gasteiger partial charge < -0.3 is 0 Å². The molecule has 2 aromatic rings. The van der Waals surface area contributed by atoms with Gasteiger partial charge in [-0.3, -0.25) is 4.72 Å². The van der Waals surface area contributed by atoms with Crippen LogP contribution in [0.1, 0.15) is 0 Å². The first kappa shape index (κ1) is 14.3. The Morgan fingerprint density at radius 2 is 1.40 bits per heavy atom. The van der Waals surface area contributed by atoms with Crippen LogP contribution in [0.4, 0.5) is 23.2 Å². The van der Waals surface area contributed by atoms with Gasteiger partial charge in [0, 0.05) is 12.1 Å². The molecule has 3 nitrogen and oxygen atoms in total. The molecule has 0 aromatic heterocycles. The summed E-state index contributed by atoms with van der Waals surface area (Å²) in [6.45, 7) is 0. The van der Waals surface area contributed by atoms with Crippen molar-refractivity contribution in [1.29, 1.82) is 0 Å². The lowest BCUT2D eigenvalue weighted by Gasteiger charge is -2.09. The van der Waals surface area contributed by atoms with Crippen LogP contribution >= 0.6 is 0 Å². The Balaban J connectivity index is 2.42. The first-order valence-corrected chi connectivity index (χ1v) is 6.71. The summed E-state index contributed by atoms with van der Waals surface area (Å²) < 4.78 is 77.5. The third-order valence-electron chi connectivity index (χ3n) is 2.36. The Labute approximate surface area is 111 Å². The fraction of sp³-hybridized carbons (Fsp3) is 0. The van der Waals surface area contributed by atoms with E-state index in [1.807, 2.05) is 0 Å². The first-order chi connectivity index (χ1) is 9.31. The third-order valence-corrected chi connectivity index (χ3v) is 3.78. The molecule has 2 aromatic carbocycles. The highest BCUT2D eigenvalue weighted by atomic mass is 32.2. The van der Waals surface area contributed by atoms with Gasteiger partial charge >= 0.3 is 0 Å². The van der Waals surface area contributed by atoms with Gasteiger partial charge in [0.1, 0.15) is 10.7 Å². The van der Waals surface area contributed by atoms with Crippen LogP contribution in [0.3, 0.4) is 0 Å². The number of hydrogen-bond donors (Lipinski definition) is 1. The monoisotopic (exact) mass is 305 g/mol. The summed E-state index contributed by atoms with van der Waals surface area (Å²) >= 11 is 0. The van der Waals surface area contributed by atoms with Gasteiger partial charge in [-0.15, -0.1) is 0 Å². The zero-order valence-electron chi connectivity index (χ0n) is 9.70. The third kappa shape index (κ3) is 2.74. The number of sulfonamides is 1. The van der Waals surface area contributed by atoms with Crippen molar-refractivity contribution in [3.05, 3.63) is 59.7 Å². The zero-order valence-corrected chi connectivity index (χ0v) is 10.5. The minimum Gasteiger partial charge on any atom is -0.279 e. The Morgan fingerprint density at radius 1 is 0.850 bits per heavy atom. The summed E-state index contributed by atoms with van der Waals surface area (Å²) in [5.41, 5.74) is -0.551. The van der Waals surface area contributed by atoms with Crippen LogP contribution in [0.5, 0.6) is 0 Å². The molecule has 0 aliphatic carbocycles. The van der Waals surface area contributed by atoms with E-state index in [-0.39, 0.29) is 0 Å². The van der Waals surface area contributed by atoms with E-state index in [9.17, 15) is 26.0 Å². The summed E-state index contributed by atoms with van der Waals surface area (Å²) in [6, 6.07) is 5.37. The molecule has 0 amide bonds. The topological polar surface area (TPSA) is 46.2 Å². The number of anilines is 1. The van der Waals surface area contributed by atoms with E-state index in [0.717, 1.165) is 12.1 Å². The molecule has 0 fully saturated rings. The molecule has 0 heterocycles. The van der Waals surface area contributed by atoms with Gasteiger partial charge in [0.25, 0.3) is 10.0 Å². The van der Waals surface area contributed by atoms with E-state index in [1.165, 1.54) is 12.1 Å². The molecule has 0 radical (unpaired) electrons. The molecule has 20 heavy (non-hydrogen) atoms. The maximum atomic E-state index is 13.4. The van der Waals surface area contributed by atoms with Crippen LogP contribution in [0.2, 0.25) is 0 Å². The molecule has 2 rings (SSSR count). The SMILES string of the molecule is O=S(=O)(Nc1cc(F)c(F)c(F)c1)c1ccccc1F. The van der Waals surface area contributed by atoms with Gasteiger partial charge in [-0.25, -0.2) is 26.0 Å². The average Bonchev–Trinajstić information content (AvgIpc) is 2.35. The Kier molecular flexibility index (Phi) is 3.67. The van der Waals surface area contributed by atoms with Crippen molar-refractivity contribution >= 4 is 15.7 Å². The lowest BCUT2D eigenvalue weighted by atomic mass is 10.3. The number of hydrogen-bond acceptors (Lipinski definition) is 2. The van der Waals surface area contributed by atoms with Crippen molar-refractivity contribution in [2.75, 3.05) is 4.72 Å². The number of benzene rings is 2. The standard InChI is InChI=1S/C12H7F4NO2S/c13-8-3-1-2-4-11(8)20(18,19)17-7-5-9(14)12(16)10(15)6-7/h1-6,17H. The van der Waals surface area contributed by atoms with Crippen molar-refractivity contribution in [1.82, 2.24) is 0 Å². The second-order valence-corrected chi connectivity index (χ2v) is 5.44. The second-order valence-electron chi connectivity index (χ2n) is 3.79. The molecule has 0 saturated carbocycles. The second kappa shape index (κ2) is 5.12. The fourth-order valence-electron chi connectivity index (χ4n) is 1.49. The van der Waals surface area contributed by atoms with Gasteiger partial charge in [-0.1, -0.05) is 12.1 Å². The molecule has 0 spiro atoms. The fourth-order valence-corrected chi connectivity index (χ4v) is 2.61. The molecular formula is C12H7F4NO2S. The van der Waals surface area contributed by atoms with Crippen LogP contribution in [0.15, 0.2) is 41.3 Å². The lowest BCUT2D eigenvalue weighted by Crippen LogP contribution is -2.15. The van der Waals surface area contributed by atoms with E-state index < -0.39 is 43.9 Å². The van der Waals surface area contributed by atoms with Crippen LogP contribution in [-0.4, -0.2) is 8.42 Å².